The Morgan fingerprint density at radius 3 is 1.10 bits per heavy atom. The number of aromatic nitrogens is 3. The minimum Gasteiger partial charge on any atom is -0.497 e. The van der Waals surface area contributed by atoms with Crippen LogP contribution in [0.5, 0.6) is 5.75 Å². The van der Waals surface area contributed by atoms with Gasteiger partial charge in [-0.05, 0) is 83.3 Å². The number of carbonyl (C=O) groups is 1. The number of halogens is 3. The standard InChI is InChI=1S/C10H8.C10H14.C8H11N.C7H7F3N2O.C7H8O.C7H8.C6H6.C5H5N.2C5H12/c1-2-6-10-8-4-3-7-9(10)5-1;1-10(2,3)9-7-5-4-6-8-9;1-9(2)8-6-4-3-5-7-8;1-4-5(3-12(2)11-4)6(13)7(8,9)10;1-8-7-5-3-2-4-6-7;1-7-5-3-2-4-6-7;2*1-2-4-6-5-3-1;1-5(2,3)4;1-4-5(2)3/h1-8H;4-8H,1-3H3;3-7H,1-2H3;3H,1-2H3;2-6H,1H3;2-6H,1H3;1-6H;1-5H;1-4H3;5H,4H2,1-3H3. The molecular weight excluding hydrogens is 986 g/mol. The zero-order chi connectivity index (χ0) is 59.5. The van der Waals surface area contributed by atoms with E-state index in [1.165, 1.54) is 52.7 Å². The molecule has 7 aromatic carbocycles. The lowest BCUT2D eigenvalue weighted by Crippen LogP contribution is -2.22. The summed E-state index contributed by atoms with van der Waals surface area (Å²) >= 11 is 0. The van der Waals surface area contributed by atoms with Gasteiger partial charge < -0.3 is 9.64 Å². The highest BCUT2D eigenvalue weighted by Gasteiger charge is 2.40. The Morgan fingerprint density at radius 2 is 0.886 bits per heavy atom. The zero-order valence-electron chi connectivity index (χ0n) is 50.1. The Balaban J connectivity index is 0.000000868. The van der Waals surface area contributed by atoms with E-state index in [1.54, 1.807) is 19.5 Å². The SMILES string of the molecule is CC(C)(C)C.CC(C)(C)c1ccccc1.CCC(C)C.CN(C)c1ccccc1.COc1ccccc1.Cc1ccccc1.Cc1nn(C)cc1C(=O)C(F)(F)F.c1ccc2ccccc2c1.c1ccccc1.c1ccncc1. The highest BCUT2D eigenvalue weighted by atomic mass is 19.4. The lowest BCUT2D eigenvalue weighted by Gasteiger charge is -2.18. The molecule has 2 heterocycles. The summed E-state index contributed by atoms with van der Waals surface area (Å²) in [5, 5.41) is 6.26. The normalized spacial score (nSPS) is 9.92. The summed E-state index contributed by atoms with van der Waals surface area (Å²) in [7, 11) is 7.19. The number of alkyl halides is 3. The number of carbonyl (C=O) groups excluding carboxylic acids is 1. The average molecular weight is 1080 g/mol. The van der Waals surface area contributed by atoms with Crippen molar-refractivity contribution in [2.24, 2.45) is 18.4 Å². The number of fused-ring (bicyclic) bond motifs is 1. The van der Waals surface area contributed by atoms with Gasteiger partial charge in [0, 0.05) is 45.4 Å². The number of pyridine rings is 1. The Morgan fingerprint density at radius 1 is 0.557 bits per heavy atom. The molecule has 9 heteroatoms. The average Bonchev–Trinajstić information content (AvgIpc) is 3.80. The first-order chi connectivity index (χ1) is 37.3. The van der Waals surface area contributed by atoms with Crippen LogP contribution in [0.2, 0.25) is 0 Å². The molecule has 0 fully saturated rings. The van der Waals surface area contributed by atoms with Gasteiger partial charge in [0.05, 0.1) is 18.4 Å². The van der Waals surface area contributed by atoms with Crippen LogP contribution < -0.4 is 9.64 Å². The molecule has 0 aliphatic heterocycles. The Labute approximate surface area is 474 Å². The molecule has 9 rings (SSSR count). The molecule has 424 valence electrons. The summed E-state index contributed by atoms with van der Waals surface area (Å²) in [5.41, 5.74) is 4.45. The van der Waals surface area contributed by atoms with Crippen molar-refractivity contribution in [3.63, 3.8) is 0 Å². The van der Waals surface area contributed by atoms with Gasteiger partial charge in [-0.25, -0.2) is 0 Å². The molecule has 0 saturated carbocycles. The maximum Gasteiger partial charge on any atom is 0.454 e. The third kappa shape index (κ3) is 40.1. The predicted molar refractivity (Wildman–Crippen MR) is 333 cm³/mol. The molecule has 0 amide bonds. The van der Waals surface area contributed by atoms with Crippen LogP contribution >= 0.6 is 0 Å². The van der Waals surface area contributed by atoms with Crippen LogP contribution in [0.4, 0.5) is 18.9 Å². The highest BCUT2D eigenvalue weighted by molar-refractivity contribution is 6.00. The fourth-order valence-electron chi connectivity index (χ4n) is 5.56. The monoisotopic (exact) mass is 1080 g/mol. The van der Waals surface area contributed by atoms with Gasteiger partial charge >= 0.3 is 6.18 Å². The molecule has 0 spiro atoms. The number of rotatable bonds is 4. The van der Waals surface area contributed by atoms with E-state index in [-0.39, 0.29) is 5.69 Å². The summed E-state index contributed by atoms with van der Waals surface area (Å²) in [6, 6.07) is 75.2. The van der Waals surface area contributed by atoms with Crippen molar-refractivity contribution in [2.75, 3.05) is 26.1 Å². The van der Waals surface area contributed by atoms with Crippen molar-refractivity contribution in [3.8, 4) is 5.75 Å². The number of methoxy groups -OCH3 is 1. The van der Waals surface area contributed by atoms with Crippen LogP contribution in [-0.2, 0) is 12.5 Å². The maximum atomic E-state index is 11.9. The largest absolute Gasteiger partial charge is 0.497 e. The zero-order valence-corrected chi connectivity index (χ0v) is 50.1. The number of hydrogen-bond acceptors (Lipinski definition) is 5. The molecule has 6 nitrogen and oxygen atoms in total. The number of Topliss-reactive ketones (excluding diaryl/α,β-unsaturated/α-hetero) is 1. The first kappa shape index (κ1) is 71.2. The minimum absolute atomic E-state index is 0.0878. The molecule has 0 saturated heterocycles. The van der Waals surface area contributed by atoms with Gasteiger partial charge in [-0.15, -0.1) is 0 Å². The number of benzene rings is 7. The lowest BCUT2D eigenvalue weighted by atomic mass is 9.87. The van der Waals surface area contributed by atoms with Crippen LogP contribution in [0.3, 0.4) is 0 Å². The molecular formula is C70H91F3N4O2. The number of aryl methyl sites for hydroxylation is 3. The second-order valence-electron chi connectivity index (χ2n) is 21.0. The molecule has 79 heavy (non-hydrogen) atoms. The summed E-state index contributed by atoms with van der Waals surface area (Å²) in [6.45, 7) is 25.5. The van der Waals surface area contributed by atoms with E-state index in [2.05, 4.69) is 194 Å². The fourth-order valence-corrected chi connectivity index (χ4v) is 5.56. The fraction of sp³-hybridized carbons (Fsp3) is 0.300. The molecule has 0 unspecified atom stereocenters. The van der Waals surface area contributed by atoms with Crippen LogP contribution in [0.25, 0.3) is 10.8 Å². The lowest BCUT2D eigenvalue weighted by molar-refractivity contribution is -0.0885. The number of anilines is 1. The molecule has 0 aliphatic rings. The van der Waals surface area contributed by atoms with Crippen molar-refractivity contribution >= 4 is 22.2 Å². The number of ether oxygens (including phenoxy) is 1. The number of hydrogen-bond donors (Lipinski definition) is 0. The molecule has 9 aromatic rings. The van der Waals surface area contributed by atoms with Crippen LogP contribution in [0, 0.1) is 25.2 Å². The van der Waals surface area contributed by atoms with Crippen molar-refractivity contribution in [1.29, 1.82) is 0 Å². The summed E-state index contributed by atoms with van der Waals surface area (Å²) in [6.07, 6.45) is 1.04. The minimum atomic E-state index is -4.83. The van der Waals surface area contributed by atoms with Gasteiger partial charge in [-0.3, -0.25) is 14.5 Å². The molecule has 2 aromatic heterocycles. The smallest absolute Gasteiger partial charge is 0.454 e. The first-order valence-electron chi connectivity index (χ1n) is 26.6. The van der Waals surface area contributed by atoms with E-state index in [4.69, 9.17) is 4.74 Å². The van der Waals surface area contributed by atoms with Gasteiger partial charge in [0.2, 0.25) is 0 Å². The van der Waals surface area contributed by atoms with Gasteiger partial charge in [0.1, 0.15) is 5.75 Å². The van der Waals surface area contributed by atoms with E-state index >= 15 is 0 Å². The van der Waals surface area contributed by atoms with Crippen molar-refractivity contribution < 1.29 is 22.7 Å². The second-order valence-corrected chi connectivity index (χ2v) is 21.0. The molecule has 0 bridgehead atoms. The Hall–Kier alpha value is -7.78. The van der Waals surface area contributed by atoms with Crippen LogP contribution in [-0.4, -0.2) is 47.9 Å². The van der Waals surface area contributed by atoms with E-state index in [1.807, 2.05) is 135 Å². The Bertz CT molecular complexity index is 2640. The van der Waals surface area contributed by atoms with Gasteiger partial charge in [0.25, 0.3) is 5.78 Å². The number of ketones is 1. The van der Waals surface area contributed by atoms with Crippen LogP contribution in [0.1, 0.15) is 103 Å². The maximum absolute atomic E-state index is 11.9. The van der Waals surface area contributed by atoms with Gasteiger partial charge in [0.15, 0.2) is 0 Å². The van der Waals surface area contributed by atoms with Gasteiger partial charge in [-0.1, -0.05) is 269 Å². The number of para-hydroxylation sites is 2. The van der Waals surface area contributed by atoms with Crippen molar-refractivity contribution in [2.45, 2.75) is 101 Å². The summed E-state index contributed by atoms with van der Waals surface area (Å²) < 4.78 is 41.9. The van der Waals surface area contributed by atoms with E-state index < -0.39 is 17.5 Å². The van der Waals surface area contributed by atoms with Crippen molar-refractivity contribution in [3.05, 3.63) is 265 Å². The topological polar surface area (TPSA) is 60.2 Å². The highest BCUT2D eigenvalue weighted by Crippen LogP contribution is 2.23. The van der Waals surface area contributed by atoms with Crippen molar-refractivity contribution in [1.82, 2.24) is 14.8 Å². The molecule has 0 aliphatic carbocycles. The Kier molecular flexibility index (Phi) is 37.3. The quantitative estimate of drug-likeness (QED) is 0.164. The third-order valence-electron chi connectivity index (χ3n) is 10.1. The molecule has 0 N–H and O–H groups in total. The van der Waals surface area contributed by atoms with Gasteiger partial charge in [-0.2, -0.15) is 18.3 Å². The molecule has 0 radical (unpaired) electrons. The molecule has 0 atom stereocenters. The first-order valence-corrected chi connectivity index (χ1v) is 26.6. The number of nitrogens with zero attached hydrogens (tertiary/aromatic N) is 4. The van der Waals surface area contributed by atoms with Crippen LogP contribution in [0.15, 0.2) is 243 Å². The van der Waals surface area contributed by atoms with E-state index in [0.29, 0.717) is 10.8 Å². The summed E-state index contributed by atoms with van der Waals surface area (Å²) in [5.74, 6) is -0.0550. The second kappa shape index (κ2) is 41.3. The van der Waals surface area contributed by atoms with E-state index in [0.717, 1.165) is 17.9 Å². The summed E-state index contributed by atoms with van der Waals surface area (Å²) in [4.78, 5) is 16.6. The predicted octanol–water partition coefficient (Wildman–Crippen LogP) is 19.6. The van der Waals surface area contributed by atoms with E-state index in [9.17, 15) is 18.0 Å². The third-order valence-corrected chi connectivity index (χ3v) is 10.1.